The molecule has 2 nitrogen and oxygen atoms in total. The molecule has 1 aromatic rings. The highest BCUT2D eigenvalue weighted by Crippen LogP contribution is 2.25. The third-order valence-corrected chi connectivity index (χ3v) is 4.29. The molecule has 1 saturated heterocycles. The summed E-state index contributed by atoms with van der Waals surface area (Å²) in [5, 5.41) is 3.60. The minimum Gasteiger partial charge on any atom is -0.315 e. The van der Waals surface area contributed by atoms with Gasteiger partial charge in [-0.15, -0.1) is 0 Å². The van der Waals surface area contributed by atoms with E-state index in [-0.39, 0.29) is 5.41 Å². The normalized spacial score (nSPS) is 16.9. The summed E-state index contributed by atoms with van der Waals surface area (Å²) in [5.74, 6) is 0. The van der Waals surface area contributed by atoms with Crippen molar-refractivity contribution in [3.63, 3.8) is 0 Å². The molecule has 1 N–H and O–H groups in total. The quantitative estimate of drug-likeness (QED) is 0.758. The van der Waals surface area contributed by atoms with Crippen LogP contribution >= 0.6 is 0 Å². The average molecular weight is 260 g/mol. The smallest absolute Gasteiger partial charge is 0.0107 e. The standard InChI is InChI=1S/C17H28N2/c1-17(2,16-8-4-3-5-9-16)10-11-18-12-15-19-13-6-7-14-19/h3-5,8-9,18H,6-7,10-15H2,1-2H3. The second-order valence-corrected chi connectivity index (χ2v) is 6.30. The Labute approximate surface area is 118 Å². The third kappa shape index (κ3) is 4.63. The van der Waals surface area contributed by atoms with E-state index in [1.54, 1.807) is 0 Å². The molecule has 106 valence electrons. The van der Waals surface area contributed by atoms with Crippen LogP contribution in [-0.2, 0) is 5.41 Å². The molecule has 0 saturated carbocycles. The first-order valence-electron chi connectivity index (χ1n) is 7.67. The van der Waals surface area contributed by atoms with E-state index in [2.05, 4.69) is 54.4 Å². The molecule has 0 spiro atoms. The molecule has 0 radical (unpaired) electrons. The molecular weight excluding hydrogens is 232 g/mol. The number of nitrogens with zero attached hydrogens (tertiary/aromatic N) is 1. The molecule has 0 unspecified atom stereocenters. The summed E-state index contributed by atoms with van der Waals surface area (Å²) in [6.07, 6.45) is 3.97. The zero-order valence-corrected chi connectivity index (χ0v) is 12.5. The fraction of sp³-hybridized carbons (Fsp3) is 0.647. The Kier molecular flexibility index (Phi) is 5.41. The second kappa shape index (κ2) is 7.06. The Balaban J connectivity index is 1.64. The van der Waals surface area contributed by atoms with Gasteiger partial charge in [-0.2, -0.15) is 0 Å². The van der Waals surface area contributed by atoms with Crippen molar-refractivity contribution in [2.24, 2.45) is 0 Å². The van der Waals surface area contributed by atoms with E-state index in [4.69, 9.17) is 0 Å². The molecule has 1 aliphatic heterocycles. The Morgan fingerprint density at radius 1 is 1.05 bits per heavy atom. The molecular formula is C17H28N2. The van der Waals surface area contributed by atoms with Gasteiger partial charge in [0, 0.05) is 13.1 Å². The van der Waals surface area contributed by atoms with Crippen molar-refractivity contribution in [2.45, 2.75) is 38.5 Å². The first-order chi connectivity index (χ1) is 9.18. The predicted octanol–water partition coefficient (Wildman–Crippen LogP) is 3.04. The van der Waals surface area contributed by atoms with Crippen LogP contribution < -0.4 is 5.32 Å². The van der Waals surface area contributed by atoms with Crippen LogP contribution in [0.4, 0.5) is 0 Å². The Bertz CT molecular complexity index is 353. The Morgan fingerprint density at radius 2 is 1.74 bits per heavy atom. The first kappa shape index (κ1) is 14.5. The molecule has 1 aliphatic rings. The molecule has 0 bridgehead atoms. The molecule has 0 amide bonds. The van der Waals surface area contributed by atoms with Crippen LogP contribution in [0.5, 0.6) is 0 Å². The summed E-state index contributed by atoms with van der Waals surface area (Å²) in [6, 6.07) is 10.8. The zero-order chi connectivity index (χ0) is 13.6. The van der Waals surface area contributed by atoms with E-state index in [0.29, 0.717) is 0 Å². The van der Waals surface area contributed by atoms with E-state index >= 15 is 0 Å². The molecule has 2 rings (SSSR count). The highest BCUT2D eigenvalue weighted by Gasteiger charge is 2.19. The minimum absolute atomic E-state index is 0.266. The molecule has 2 heteroatoms. The number of rotatable bonds is 7. The number of nitrogens with one attached hydrogen (secondary N) is 1. The van der Waals surface area contributed by atoms with Crippen molar-refractivity contribution < 1.29 is 0 Å². The first-order valence-corrected chi connectivity index (χ1v) is 7.67. The van der Waals surface area contributed by atoms with E-state index < -0.39 is 0 Å². The zero-order valence-electron chi connectivity index (χ0n) is 12.5. The lowest BCUT2D eigenvalue weighted by atomic mass is 9.81. The van der Waals surface area contributed by atoms with Gasteiger partial charge in [0.25, 0.3) is 0 Å². The third-order valence-electron chi connectivity index (χ3n) is 4.29. The maximum absolute atomic E-state index is 3.60. The van der Waals surface area contributed by atoms with E-state index in [9.17, 15) is 0 Å². The van der Waals surface area contributed by atoms with E-state index in [1.807, 2.05) is 0 Å². The molecule has 0 atom stereocenters. The van der Waals surface area contributed by atoms with Gasteiger partial charge >= 0.3 is 0 Å². The van der Waals surface area contributed by atoms with Gasteiger partial charge in [0.15, 0.2) is 0 Å². The van der Waals surface area contributed by atoms with Crippen LogP contribution in [0.1, 0.15) is 38.7 Å². The maximum atomic E-state index is 3.60. The molecule has 1 heterocycles. The second-order valence-electron chi connectivity index (χ2n) is 6.30. The Morgan fingerprint density at radius 3 is 2.42 bits per heavy atom. The molecule has 19 heavy (non-hydrogen) atoms. The minimum atomic E-state index is 0.266. The predicted molar refractivity (Wildman–Crippen MR) is 82.6 cm³/mol. The van der Waals surface area contributed by atoms with Gasteiger partial charge < -0.3 is 10.2 Å². The van der Waals surface area contributed by atoms with Gasteiger partial charge in [-0.3, -0.25) is 0 Å². The monoisotopic (exact) mass is 260 g/mol. The highest BCUT2D eigenvalue weighted by atomic mass is 15.1. The maximum Gasteiger partial charge on any atom is 0.0107 e. The van der Waals surface area contributed by atoms with Crippen molar-refractivity contribution in [1.29, 1.82) is 0 Å². The van der Waals surface area contributed by atoms with Crippen molar-refractivity contribution in [2.75, 3.05) is 32.7 Å². The number of benzene rings is 1. The average Bonchev–Trinajstić information content (AvgIpc) is 2.92. The van der Waals surface area contributed by atoms with E-state index in [1.165, 1.54) is 44.5 Å². The SMILES string of the molecule is CC(C)(CCNCCN1CCCC1)c1ccccc1. The summed E-state index contributed by atoms with van der Waals surface area (Å²) in [5.41, 5.74) is 1.71. The van der Waals surface area contributed by atoms with Crippen LogP contribution in [0.3, 0.4) is 0 Å². The van der Waals surface area contributed by atoms with Gasteiger partial charge in [-0.05, 0) is 49.9 Å². The van der Waals surface area contributed by atoms with Crippen LogP contribution in [0, 0.1) is 0 Å². The highest BCUT2D eigenvalue weighted by molar-refractivity contribution is 5.23. The summed E-state index contributed by atoms with van der Waals surface area (Å²) in [7, 11) is 0. The van der Waals surface area contributed by atoms with E-state index in [0.717, 1.165) is 13.1 Å². The fourth-order valence-electron chi connectivity index (χ4n) is 2.80. The largest absolute Gasteiger partial charge is 0.315 e. The van der Waals surface area contributed by atoms with Gasteiger partial charge in [-0.1, -0.05) is 44.2 Å². The number of likely N-dealkylation sites (tertiary alicyclic amines) is 1. The van der Waals surface area contributed by atoms with Gasteiger partial charge in [0.05, 0.1) is 0 Å². The summed E-state index contributed by atoms with van der Waals surface area (Å²) >= 11 is 0. The van der Waals surface area contributed by atoms with Crippen molar-refractivity contribution >= 4 is 0 Å². The fourth-order valence-corrected chi connectivity index (χ4v) is 2.80. The summed E-state index contributed by atoms with van der Waals surface area (Å²) in [4.78, 5) is 2.56. The van der Waals surface area contributed by atoms with Gasteiger partial charge in [0.2, 0.25) is 0 Å². The van der Waals surface area contributed by atoms with Crippen molar-refractivity contribution in [3.8, 4) is 0 Å². The van der Waals surface area contributed by atoms with Crippen LogP contribution in [0.15, 0.2) is 30.3 Å². The Hall–Kier alpha value is -0.860. The van der Waals surface area contributed by atoms with Crippen molar-refractivity contribution in [1.82, 2.24) is 10.2 Å². The molecule has 0 aliphatic carbocycles. The number of hydrogen-bond donors (Lipinski definition) is 1. The van der Waals surface area contributed by atoms with Crippen LogP contribution in [0.25, 0.3) is 0 Å². The lowest BCUT2D eigenvalue weighted by Gasteiger charge is -2.25. The summed E-state index contributed by atoms with van der Waals surface area (Å²) in [6.45, 7) is 10.7. The lowest BCUT2D eigenvalue weighted by Crippen LogP contribution is -2.32. The number of hydrogen-bond acceptors (Lipinski definition) is 2. The van der Waals surface area contributed by atoms with Crippen molar-refractivity contribution in [3.05, 3.63) is 35.9 Å². The van der Waals surface area contributed by atoms with Gasteiger partial charge in [-0.25, -0.2) is 0 Å². The van der Waals surface area contributed by atoms with Gasteiger partial charge in [0.1, 0.15) is 0 Å². The molecule has 1 fully saturated rings. The van der Waals surface area contributed by atoms with Crippen LogP contribution in [-0.4, -0.2) is 37.6 Å². The lowest BCUT2D eigenvalue weighted by molar-refractivity contribution is 0.332. The summed E-state index contributed by atoms with van der Waals surface area (Å²) < 4.78 is 0. The topological polar surface area (TPSA) is 15.3 Å². The van der Waals surface area contributed by atoms with Crippen LogP contribution in [0.2, 0.25) is 0 Å². The molecule has 1 aromatic carbocycles. The molecule has 0 aromatic heterocycles.